The first-order valence-corrected chi connectivity index (χ1v) is 12.4. The zero-order valence-electron chi connectivity index (χ0n) is 21.9. The first-order chi connectivity index (χ1) is 18.3. The number of anilines is 1. The first kappa shape index (κ1) is 28.7. The van der Waals surface area contributed by atoms with Crippen LogP contribution >= 0.6 is 0 Å². The minimum atomic E-state index is -5.01. The first-order valence-electron chi connectivity index (χ1n) is 12.4. The van der Waals surface area contributed by atoms with E-state index in [2.05, 4.69) is 4.90 Å². The van der Waals surface area contributed by atoms with Crippen LogP contribution in [-0.2, 0) is 23.6 Å². The standard InChI is InChI=1S/C27H30F6N2O4/c1-15-7-21(20-11-23(37-2)24(38-3)12-22(20)34(15)13-16-5-6-16)35(25(36)39-4)14-17-8-18(26(28,29)30)10-19(9-17)27(31,32)33/h8-12,15-16,21H,5-7,13-14H2,1-4H3/t15-,21+/m0/s1. The number of methoxy groups -OCH3 is 3. The minimum absolute atomic E-state index is 0.0663. The summed E-state index contributed by atoms with van der Waals surface area (Å²) in [5.74, 6) is 1.36. The Morgan fingerprint density at radius 3 is 1.97 bits per heavy atom. The van der Waals surface area contributed by atoms with Crippen LogP contribution in [-0.4, -0.2) is 44.9 Å². The third kappa shape index (κ3) is 6.14. The van der Waals surface area contributed by atoms with Gasteiger partial charge in [-0.25, -0.2) is 4.79 Å². The van der Waals surface area contributed by atoms with Gasteiger partial charge in [-0.2, -0.15) is 26.3 Å². The Morgan fingerprint density at radius 2 is 1.49 bits per heavy atom. The summed E-state index contributed by atoms with van der Waals surface area (Å²) in [6, 6.07) is 4.01. The molecule has 0 unspecified atom stereocenters. The fraction of sp³-hybridized carbons (Fsp3) is 0.519. The number of rotatable bonds is 7. The summed E-state index contributed by atoms with van der Waals surface area (Å²) in [7, 11) is 4.06. The largest absolute Gasteiger partial charge is 0.493 e. The molecule has 0 aromatic heterocycles. The summed E-state index contributed by atoms with van der Waals surface area (Å²) in [4.78, 5) is 16.4. The van der Waals surface area contributed by atoms with Crippen LogP contribution in [0.4, 0.5) is 36.8 Å². The molecular weight excluding hydrogens is 530 g/mol. The third-order valence-corrected chi connectivity index (χ3v) is 7.24. The molecule has 0 saturated heterocycles. The van der Waals surface area contributed by atoms with Crippen LogP contribution in [0.25, 0.3) is 0 Å². The maximum atomic E-state index is 13.5. The van der Waals surface area contributed by atoms with E-state index < -0.39 is 42.2 Å². The maximum absolute atomic E-state index is 13.5. The molecule has 6 nitrogen and oxygen atoms in total. The quantitative estimate of drug-likeness (QED) is 0.340. The smallest absolute Gasteiger partial charge is 0.416 e. The average Bonchev–Trinajstić information content (AvgIpc) is 3.70. The fourth-order valence-corrected chi connectivity index (χ4v) is 5.09. The van der Waals surface area contributed by atoms with Crippen LogP contribution in [0.15, 0.2) is 30.3 Å². The number of carbonyl (C=O) groups excluding carboxylic acids is 1. The van der Waals surface area contributed by atoms with Crippen LogP contribution in [0, 0.1) is 5.92 Å². The zero-order valence-corrected chi connectivity index (χ0v) is 21.9. The highest BCUT2D eigenvalue weighted by atomic mass is 19.4. The SMILES string of the molecule is COC(=O)N(Cc1cc(C(F)(F)F)cc(C(F)(F)F)c1)[C@@H]1C[C@H](C)N(CC2CC2)c2cc(OC)c(OC)cc21. The summed E-state index contributed by atoms with van der Waals surface area (Å²) in [6.45, 7) is 2.21. The lowest BCUT2D eigenvalue weighted by Crippen LogP contribution is -2.45. The zero-order chi connectivity index (χ0) is 28.7. The van der Waals surface area contributed by atoms with Gasteiger partial charge in [0.05, 0.1) is 38.5 Å². The van der Waals surface area contributed by atoms with Gasteiger partial charge in [0.2, 0.25) is 0 Å². The van der Waals surface area contributed by atoms with Gasteiger partial charge in [0.25, 0.3) is 0 Å². The number of carbonyl (C=O) groups is 1. The molecule has 0 bridgehead atoms. The molecular formula is C27H30F6N2O4. The normalized spacial score (nSPS) is 19.4. The molecule has 1 aliphatic carbocycles. The Morgan fingerprint density at radius 1 is 0.923 bits per heavy atom. The van der Waals surface area contributed by atoms with Crippen molar-refractivity contribution in [3.63, 3.8) is 0 Å². The second-order valence-corrected chi connectivity index (χ2v) is 9.97. The van der Waals surface area contributed by atoms with Crippen LogP contribution < -0.4 is 14.4 Å². The molecule has 1 saturated carbocycles. The Hall–Kier alpha value is -3.31. The molecule has 0 radical (unpaired) electrons. The number of ether oxygens (including phenoxy) is 3. The van der Waals surface area contributed by atoms with E-state index in [1.165, 1.54) is 19.1 Å². The second-order valence-electron chi connectivity index (χ2n) is 9.97. The summed E-state index contributed by atoms with van der Waals surface area (Å²) in [6.07, 6.45) is -8.33. The lowest BCUT2D eigenvalue weighted by molar-refractivity contribution is -0.143. The lowest BCUT2D eigenvalue weighted by atomic mass is 9.89. The molecule has 2 aliphatic rings. The summed E-state index contributed by atoms with van der Waals surface area (Å²) < 4.78 is 96.9. The lowest BCUT2D eigenvalue weighted by Gasteiger charge is -2.44. The van der Waals surface area contributed by atoms with E-state index in [0.29, 0.717) is 41.5 Å². The number of halogens is 6. The van der Waals surface area contributed by atoms with Gasteiger partial charge in [0.15, 0.2) is 11.5 Å². The summed E-state index contributed by atoms with van der Waals surface area (Å²) in [5.41, 5.74) is -1.82. The van der Waals surface area contributed by atoms with E-state index in [1.807, 2.05) is 6.92 Å². The van der Waals surface area contributed by atoms with Gasteiger partial charge in [-0.15, -0.1) is 0 Å². The van der Waals surface area contributed by atoms with Gasteiger partial charge in [-0.05, 0) is 61.9 Å². The van der Waals surface area contributed by atoms with Gasteiger partial charge in [0.1, 0.15) is 0 Å². The van der Waals surface area contributed by atoms with E-state index >= 15 is 0 Å². The number of hydrogen-bond donors (Lipinski definition) is 0. The van der Waals surface area contributed by atoms with Crippen molar-refractivity contribution in [2.45, 2.75) is 57.2 Å². The summed E-state index contributed by atoms with van der Waals surface area (Å²) >= 11 is 0. The van der Waals surface area contributed by atoms with Gasteiger partial charge < -0.3 is 19.1 Å². The van der Waals surface area contributed by atoms with E-state index in [0.717, 1.165) is 32.2 Å². The molecule has 4 rings (SSSR count). The minimum Gasteiger partial charge on any atom is -0.493 e. The van der Waals surface area contributed by atoms with E-state index in [9.17, 15) is 31.1 Å². The van der Waals surface area contributed by atoms with Crippen LogP contribution in [0.5, 0.6) is 11.5 Å². The van der Waals surface area contributed by atoms with Gasteiger partial charge in [-0.3, -0.25) is 4.90 Å². The number of fused-ring (bicyclic) bond motifs is 1. The highest BCUT2D eigenvalue weighted by Gasteiger charge is 2.41. The van der Waals surface area contributed by atoms with Crippen molar-refractivity contribution in [3.8, 4) is 11.5 Å². The molecule has 1 aliphatic heterocycles. The molecule has 0 N–H and O–H groups in total. The molecule has 2 atom stereocenters. The van der Waals surface area contributed by atoms with E-state index in [1.54, 1.807) is 12.1 Å². The Kier molecular flexibility index (Phi) is 7.86. The van der Waals surface area contributed by atoms with Gasteiger partial charge in [-0.1, -0.05) is 0 Å². The second kappa shape index (κ2) is 10.7. The van der Waals surface area contributed by atoms with E-state index in [-0.39, 0.29) is 17.7 Å². The predicted octanol–water partition coefficient (Wildman–Crippen LogP) is 7.06. The molecule has 1 heterocycles. The summed E-state index contributed by atoms with van der Waals surface area (Å²) in [5, 5.41) is 0. The van der Waals surface area contributed by atoms with Crippen molar-refractivity contribution in [2.24, 2.45) is 5.92 Å². The Bertz CT molecular complexity index is 1180. The molecule has 2 aromatic carbocycles. The van der Waals surface area contributed by atoms with Crippen molar-refractivity contribution in [2.75, 3.05) is 32.8 Å². The van der Waals surface area contributed by atoms with E-state index in [4.69, 9.17) is 14.2 Å². The number of alkyl halides is 6. The number of hydrogen-bond acceptors (Lipinski definition) is 5. The van der Waals surface area contributed by atoms with Gasteiger partial charge in [0, 0.05) is 36.4 Å². The number of nitrogens with zero attached hydrogens (tertiary/aromatic N) is 2. The average molecular weight is 561 g/mol. The van der Waals surface area contributed by atoms with Crippen molar-refractivity contribution < 1.29 is 45.3 Å². The van der Waals surface area contributed by atoms with Gasteiger partial charge >= 0.3 is 18.4 Å². The molecule has 39 heavy (non-hydrogen) atoms. The molecule has 1 amide bonds. The molecule has 2 aromatic rings. The molecule has 214 valence electrons. The van der Waals surface area contributed by atoms with Crippen molar-refractivity contribution in [3.05, 3.63) is 52.6 Å². The number of benzene rings is 2. The number of amides is 1. The van der Waals surface area contributed by atoms with Crippen molar-refractivity contribution >= 4 is 11.8 Å². The topological polar surface area (TPSA) is 51.2 Å². The molecule has 12 heteroatoms. The highest BCUT2D eigenvalue weighted by Crippen LogP contribution is 2.48. The predicted molar refractivity (Wildman–Crippen MR) is 131 cm³/mol. The van der Waals surface area contributed by atoms with Crippen LogP contribution in [0.2, 0.25) is 0 Å². The third-order valence-electron chi connectivity index (χ3n) is 7.24. The Labute approximate surface area is 222 Å². The Balaban J connectivity index is 1.82. The van der Waals surface area contributed by atoms with Crippen LogP contribution in [0.1, 0.15) is 54.5 Å². The van der Waals surface area contributed by atoms with Crippen molar-refractivity contribution in [1.29, 1.82) is 0 Å². The maximum Gasteiger partial charge on any atom is 0.416 e. The van der Waals surface area contributed by atoms with Crippen molar-refractivity contribution in [1.82, 2.24) is 4.90 Å². The fourth-order valence-electron chi connectivity index (χ4n) is 5.09. The molecule has 1 fully saturated rings. The highest BCUT2D eigenvalue weighted by molar-refractivity contribution is 5.71. The van der Waals surface area contributed by atoms with Crippen LogP contribution in [0.3, 0.4) is 0 Å². The monoisotopic (exact) mass is 560 g/mol. The molecule has 0 spiro atoms.